The Balaban J connectivity index is 2.65. The molecule has 0 aliphatic rings. The first-order chi connectivity index (χ1) is 7.79. The second-order valence-corrected chi connectivity index (χ2v) is 4.27. The third-order valence-electron chi connectivity index (χ3n) is 2.13. The maximum absolute atomic E-state index is 5.74. The van der Waals surface area contributed by atoms with E-state index in [0.29, 0.717) is 6.61 Å². The second-order valence-electron chi connectivity index (χ2n) is 3.41. The SMILES string of the molecule is C#CCCCOc1c(Br)cccc1CNC. The van der Waals surface area contributed by atoms with Crippen LogP contribution < -0.4 is 10.1 Å². The van der Waals surface area contributed by atoms with Crippen LogP contribution in [0, 0.1) is 12.3 Å². The first-order valence-electron chi connectivity index (χ1n) is 5.28. The molecule has 0 saturated carbocycles. The third kappa shape index (κ3) is 3.88. The molecule has 16 heavy (non-hydrogen) atoms. The molecule has 0 saturated heterocycles. The van der Waals surface area contributed by atoms with Gasteiger partial charge in [-0.05, 0) is 35.5 Å². The van der Waals surface area contributed by atoms with Gasteiger partial charge in [0, 0.05) is 18.5 Å². The quantitative estimate of drug-likeness (QED) is 0.640. The lowest BCUT2D eigenvalue weighted by molar-refractivity contribution is 0.307. The summed E-state index contributed by atoms with van der Waals surface area (Å²) in [4.78, 5) is 0. The van der Waals surface area contributed by atoms with Crippen LogP contribution >= 0.6 is 15.9 Å². The number of hydrogen-bond acceptors (Lipinski definition) is 2. The largest absolute Gasteiger partial charge is 0.492 e. The molecule has 0 atom stereocenters. The molecule has 0 aliphatic heterocycles. The second kappa shape index (κ2) is 7.32. The predicted molar refractivity (Wildman–Crippen MR) is 70.5 cm³/mol. The smallest absolute Gasteiger partial charge is 0.137 e. The minimum absolute atomic E-state index is 0.656. The van der Waals surface area contributed by atoms with Crippen molar-refractivity contribution in [2.75, 3.05) is 13.7 Å². The summed E-state index contributed by atoms with van der Waals surface area (Å²) in [5, 5.41) is 3.12. The number of para-hydroxylation sites is 1. The summed E-state index contributed by atoms with van der Waals surface area (Å²) in [6.07, 6.45) is 6.83. The van der Waals surface area contributed by atoms with Crippen molar-refractivity contribution in [1.82, 2.24) is 5.32 Å². The van der Waals surface area contributed by atoms with Gasteiger partial charge in [0.2, 0.25) is 0 Å². The van der Waals surface area contributed by atoms with Gasteiger partial charge in [-0.25, -0.2) is 0 Å². The number of hydrogen-bond donors (Lipinski definition) is 1. The normalized spacial score (nSPS) is 9.81. The number of nitrogens with one attached hydrogen (secondary N) is 1. The molecule has 1 aromatic carbocycles. The molecule has 1 rings (SSSR count). The van der Waals surface area contributed by atoms with Crippen LogP contribution in [0.25, 0.3) is 0 Å². The lowest BCUT2D eigenvalue weighted by Gasteiger charge is -2.12. The summed E-state index contributed by atoms with van der Waals surface area (Å²) in [7, 11) is 1.92. The van der Waals surface area contributed by atoms with E-state index >= 15 is 0 Å². The molecule has 0 heterocycles. The molecule has 2 nitrogen and oxygen atoms in total. The van der Waals surface area contributed by atoms with E-state index in [9.17, 15) is 0 Å². The highest BCUT2D eigenvalue weighted by Crippen LogP contribution is 2.29. The zero-order chi connectivity index (χ0) is 11.8. The van der Waals surface area contributed by atoms with Gasteiger partial charge in [-0.3, -0.25) is 0 Å². The molecular formula is C13H16BrNO. The Bertz CT molecular complexity index is 371. The van der Waals surface area contributed by atoms with E-state index < -0.39 is 0 Å². The van der Waals surface area contributed by atoms with E-state index in [-0.39, 0.29) is 0 Å². The van der Waals surface area contributed by atoms with Crippen LogP contribution in [0.2, 0.25) is 0 Å². The van der Waals surface area contributed by atoms with E-state index in [2.05, 4.69) is 33.2 Å². The fourth-order valence-corrected chi connectivity index (χ4v) is 1.91. The van der Waals surface area contributed by atoms with Gasteiger partial charge in [0.1, 0.15) is 5.75 Å². The van der Waals surface area contributed by atoms with Crippen LogP contribution in [0.3, 0.4) is 0 Å². The molecule has 3 heteroatoms. The van der Waals surface area contributed by atoms with Gasteiger partial charge < -0.3 is 10.1 Å². The molecule has 1 N–H and O–H groups in total. The number of ether oxygens (including phenoxy) is 1. The van der Waals surface area contributed by atoms with Crippen molar-refractivity contribution in [3.63, 3.8) is 0 Å². The molecular weight excluding hydrogens is 266 g/mol. The lowest BCUT2D eigenvalue weighted by Crippen LogP contribution is -2.08. The maximum Gasteiger partial charge on any atom is 0.137 e. The van der Waals surface area contributed by atoms with Crippen molar-refractivity contribution >= 4 is 15.9 Å². The van der Waals surface area contributed by atoms with Gasteiger partial charge in [-0.15, -0.1) is 12.3 Å². The van der Waals surface area contributed by atoms with E-state index in [1.165, 1.54) is 0 Å². The number of halogens is 1. The highest BCUT2D eigenvalue weighted by molar-refractivity contribution is 9.10. The molecule has 0 bridgehead atoms. The van der Waals surface area contributed by atoms with Crippen LogP contribution in [-0.4, -0.2) is 13.7 Å². The molecule has 0 unspecified atom stereocenters. The van der Waals surface area contributed by atoms with E-state index in [4.69, 9.17) is 11.2 Å². The van der Waals surface area contributed by atoms with Crippen LogP contribution in [0.15, 0.2) is 22.7 Å². The van der Waals surface area contributed by atoms with E-state index in [1.54, 1.807) is 0 Å². The maximum atomic E-state index is 5.74. The monoisotopic (exact) mass is 281 g/mol. The summed E-state index contributed by atoms with van der Waals surface area (Å²) in [5.41, 5.74) is 1.15. The Kier molecular flexibility index (Phi) is 5.99. The molecule has 0 spiro atoms. The van der Waals surface area contributed by atoms with Crippen molar-refractivity contribution in [2.24, 2.45) is 0 Å². The molecule has 0 aromatic heterocycles. The standard InChI is InChI=1S/C13H16BrNO/c1-3-4-5-9-16-13-11(10-15-2)7-6-8-12(13)14/h1,6-8,15H,4-5,9-10H2,2H3. The van der Waals surface area contributed by atoms with Gasteiger partial charge in [0.15, 0.2) is 0 Å². The number of benzene rings is 1. The van der Waals surface area contributed by atoms with Crippen molar-refractivity contribution < 1.29 is 4.74 Å². The fraction of sp³-hybridized carbons (Fsp3) is 0.385. The van der Waals surface area contributed by atoms with Crippen LogP contribution in [0.4, 0.5) is 0 Å². The van der Waals surface area contributed by atoms with Crippen molar-refractivity contribution in [1.29, 1.82) is 0 Å². The van der Waals surface area contributed by atoms with Gasteiger partial charge in [-0.1, -0.05) is 12.1 Å². The Morgan fingerprint density at radius 2 is 2.31 bits per heavy atom. The predicted octanol–water partition coefficient (Wildman–Crippen LogP) is 2.96. The summed E-state index contributed by atoms with van der Waals surface area (Å²) < 4.78 is 6.73. The summed E-state index contributed by atoms with van der Waals surface area (Å²) in [5.74, 6) is 3.52. The number of rotatable bonds is 6. The fourth-order valence-electron chi connectivity index (χ4n) is 1.39. The summed E-state index contributed by atoms with van der Waals surface area (Å²) in [6.45, 7) is 1.45. The number of terminal acetylenes is 1. The van der Waals surface area contributed by atoms with Crippen LogP contribution in [-0.2, 0) is 6.54 Å². The molecule has 0 amide bonds. The van der Waals surface area contributed by atoms with Crippen LogP contribution in [0.1, 0.15) is 18.4 Å². The number of unbranched alkanes of at least 4 members (excludes halogenated alkanes) is 1. The van der Waals surface area contributed by atoms with E-state index in [1.807, 2.05) is 19.2 Å². The third-order valence-corrected chi connectivity index (χ3v) is 2.75. The van der Waals surface area contributed by atoms with Gasteiger partial charge in [0.25, 0.3) is 0 Å². The highest BCUT2D eigenvalue weighted by atomic mass is 79.9. The van der Waals surface area contributed by atoms with Gasteiger partial charge in [-0.2, -0.15) is 0 Å². The molecule has 0 aliphatic carbocycles. The van der Waals surface area contributed by atoms with Gasteiger partial charge in [0.05, 0.1) is 11.1 Å². The lowest BCUT2D eigenvalue weighted by atomic mass is 10.2. The first kappa shape index (κ1) is 13.1. The highest BCUT2D eigenvalue weighted by Gasteiger charge is 2.06. The minimum atomic E-state index is 0.656. The summed E-state index contributed by atoms with van der Waals surface area (Å²) >= 11 is 3.49. The molecule has 0 radical (unpaired) electrons. The average Bonchev–Trinajstić information content (AvgIpc) is 2.28. The van der Waals surface area contributed by atoms with Crippen molar-refractivity contribution in [3.8, 4) is 18.1 Å². The molecule has 1 aromatic rings. The minimum Gasteiger partial charge on any atom is -0.492 e. The Morgan fingerprint density at radius 3 is 3.00 bits per heavy atom. The van der Waals surface area contributed by atoms with Crippen molar-refractivity contribution in [2.45, 2.75) is 19.4 Å². The molecule has 86 valence electrons. The Labute approximate surface area is 106 Å². The van der Waals surface area contributed by atoms with Crippen molar-refractivity contribution in [3.05, 3.63) is 28.2 Å². The van der Waals surface area contributed by atoms with Crippen LogP contribution in [0.5, 0.6) is 5.75 Å². The zero-order valence-electron chi connectivity index (χ0n) is 9.42. The zero-order valence-corrected chi connectivity index (χ0v) is 11.0. The summed E-state index contributed by atoms with van der Waals surface area (Å²) in [6, 6.07) is 6.04. The molecule has 0 fully saturated rings. The van der Waals surface area contributed by atoms with Gasteiger partial charge >= 0.3 is 0 Å². The average molecular weight is 282 g/mol. The Hall–Kier alpha value is -0.980. The van der Waals surface area contributed by atoms with E-state index in [0.717, 1.165) is 35.2 Å². The first-order valence-corrected chi connectivity index (χ1v) is 6.07. The topological polar surface area (TPSA) is 21.3 Å². The Morgan fingerprint density at radius 1 is 1.50 bits per heavy atom.